The van der Waals surface area contributed by atoms with Gasteiger partial charge in [0, 0.05) is 12.1 Å². The van der Waals surface area contributed by atoms with Crippen molar-refractivity contribution in [1.82, 2.24) is 9.80 Å². The van der Waals surface area contributed by atoms with Crippen LogP contribution in [0.15, 0.2) is 72.3 Å². The van der Waals surface area contributed by atoms with Gasteiger partial charge in [-0.2, -0.15) is 0 Å². The Bertz CT molecular complexity index is 1370. The Balaban J connectivity index is 1.65. The summed E-state index contributed by atoms with van der Waals surface area (Å²) in [4.78, 5) is 29.8. The summed E-state index contributed by atoms with van der Waals surface area (Å²) >= 11 is 12.4. The molecule has 6 nitrogen and oxygen atoms in total. The quantitative estimate of drug-likeness (QED) is 0.193. The monoisotopic (exact) mass is 552 g/mol. The zero-order valence-corrected chi connectivity index (χ0v) is 23.1. The van der Waals surface area contributed by atoms with E-state index in [1.807, 2.05) is 44.1 Å². The number of benzene rings is 3. The third-order valence-corrected chi connectivity index (χ3v) is 7.16. The molecule has 0 saturated carbocycles. The van der Waals surface area contributed by atoms with Gasteiger partial charge in [-0.05, 0) is 81.5 Å². The van der Waals surface area contributed by atoms with Crippen molar-refractivity contribution in [2.24, 2.45) is 0 Å². The Morgan fingerprint density at radius 2 is 1.74 bits per heavy atom. The molecule has 1 N–H and O–H groups in total. The first-order chi connectivity index (χ1) is 18.2. The summed E-state index contributed by atoms with van der Waals surface area (Å²) in [6.07, 6.45) is 0.658. The van der Waals surface area contributed by atoms with Crippen LogP contribution < -0.4 is 4.74 Å². The fraction of sp³-hybridized carbons (Fsp3) is 0.267. The SMILES string of the molecule is Cc1cccc(COc2ccc(C(O)=C3C(=O)C(=O)N(CCCN(C)C)C3c3ccc(Cl)c(Cl)c3)cc2)c1. The predicted octanol–water partition coefficient (Wildman–Crippen LogP) is 6.25. The molecule has 1 atom stereocenters. The molecule has 1 fully saturated rings. The van der Waals surface area contributed by atoms with Gasteiger partial charge < -0.3 is 19.6 Å². The summed E-state index contributed by atoms with van der Waals surface area (Å²) in [6, 6.07) is 19.1. The molecular formula is C30H30Cl2N2O4. The number of aliphatic hydroxyl groups is 1. The smallest absolute Gasteiger partial charge is 0.295 e. The molecule has 0 spiro atoms. The zero-order chi connectivity index (χ0) is 27.4. The number of hydrogen-bond acceptors (Lipinski definition) is 5. The van der Waals surface area contributed by atoms with Gasteiger partial charge in [-0.3, -0.25) is 9.59 Å². The van der Waals surface area contributed by atoms with Crippen LogP contribution in [0.4, 0.5) is 0 Å². The number of amides is 1. The number of nitrogens with zero attached hydrogens (tertiary/aromatic N) is 2. The number of ketones is 1. The van der Waals surface area contributed by atoms with Crippen molar-refractivity contribution < 1.29 is 19.4 Å². The van der Waals surface area contributed by atoms with Crippen LogP contribution in [0.1, 0.15) is 34.7 Å². The molecule has 1 heterocycles. The van der Waals surface area contributed by atoms with Gasteiger partial charge in [0.2, 0.25) is 0 Å². The molecule has 38 heavy (non-hydrogen) atoms. The van der Waals surface area contributed by atoms with Crippen molar-refractivity contribution in [2.45, 2.75) is 26.0 Å². The van der Waals surface area contributed by atoms with Gasteiger partial charge in [-0.1, -0.05) is 59.1 Å². The highest BCUT2D eigenvalue weighted by Gasteiger charge is 2.45. The number of aryl methyl sites for hydroxylation is 1. The summed E-state index contributed by atoms with van der Waals surface area (Å²) in [6.45, 7) is 3.51. The highest BCUT2D eigenvalue weighted by Crippen LogP contribution is 2.41. The van der Waals surface area contributed by atoms with E-state index in [1.165, 1.54) is 4.90 Å². The average Bonchev–Trinajstić information content (AvgIpc) is 3.14. The molecule has 0 aliphatic carbocycles. The molecule has 1 amide bonds. The predicted molar refractivity (Wildman–Crippen MR) is 151 cm³/mol. The standard InChI is InChI=1S/C30H30Cl2N2O4/c1-19-6-4-7-20(16-19)18-38-23-11-8-21(9-12-23)28(35)26-27(22-10-13-24(31)25(32)17-22)34(30(37)29(26)36)15-5-14-33(2)3/h4,6-13,16-17,27,35H,5,14-15,18H2,1-3H3. The molecule has 1 aliphatic heterocycles. The number of ether oxygens (including phenoxy) is 1. The maximum absolute atomic E-state index is 13.2. The highest BCUT2D eigenvalue weighted by atomic mass is 35.5. The molecule has 3 aromatic carbocycles. The van der Waals surface area contributed by atoms with Crippen molar-refractivity contribution in [2.75, 3.05) is 27.2 Å². The fourth-order valence-electron chi connectivity index (χ4n) is 4.53. The largest absolute Gasteiger partial charge is 0.507 e. The lowest BCUT2D eigenvalue weighted by Crippen LogP contribution is -2.32. The molecule has 0 bridgehead atoms. The van der Waals surface area contributed by atoms with Crippen LogP contribution in [0.3, 0.4) is 0 Å². The van der Waals surface area contributed by atoms with Crippen molar-refractivity contribution in [1.29, 1.82) is 0 Å². The number of likely N-dealkylation sites (tertiary alicyclic amines) is 1. The van der Waals surface area contributed by atoms with Crippen molar-refractivity contribution in [3.63, 3.8) is 0 Å². The first-order valence-corrected chi connectivity index (χ1v) is 13.1. The van der Waals surface area contributed by atoms with Crippen LogP contribution in [0, 0.1) is 6.92 Å². The lowest BCUT2D eigenvalue weighted by molar-refractivity contribution is -0.139. The molecule has 1 unspecified atom stereocenters. The second-order valence-corrected chi connectivity index (χ2v) is 10.4. The zero-order valence-electron chi connectivity index (χ0n) is 21.6. The second kappa shape index (κ2) is 12.0. The Hall–Kier alpha value is -3.32. The Morgan fingerprint density at radius 1 is 1.00 bits per heavy atom. The Labute approximate surface area is 233 Å². The van der Waals surface area contributed by atoms with E-state index in [1.54, 1.807) is 42.5 Å². The molecule has 1 aliphatic rings. The van der Waals surface area contributed by atoms with Gasteiger partial charge in [0.1, 0.15) is 18.1 Å². The van der Waals surface area contributed by atoms with Gasteiger partial charge in [0.25, 0.3) is 11.7 Å². The number of carbonyl (C=O) groups excluding carboxylic acids is 2. The lowest BCUT2D eigenvalue weighted by Gasteiger charge is -2.26. The van der Waals surface area contributed by atoms with E-state index in [-0.39, 0.29) is 11.3 Å². The third kappa shape index (κ3) is 6.21. The summed E-state index contributed by atoms with van der Waals surface area (Å²) in [7, 11) is 3.89. The molecule has 0 aromatic heterocycles. The number of carbonyl (C=O) groups is 2. The minimum Gasteiger partial charge on any atom is -0.507 e. The number of rotatable bonds is 9. The van der Waals surface area contributed by atoms with Crippen molar-refractivity contribution in [3.05, 3.63) is 105 Å². The maximum Gasteiger partial charge on any atom is 0.295 e. The first kappa shape index (κ1) is 27.7. The summed E-state index contributed by atoms with van der Waals surface area (Å²) in [5.41, 5.74) is 3.23. The molecular weight excluding hydrogens is 523 g/mol. The van der Waals surface area contributed by atoms with E-state index >= 15 is 0 Å². The molecule has 4 rings (SSSR count). The minimum absolute atomic E-state index is 0.0201. The molecule has 3 aromatic rings. The van der Waals surface area contributed by atoms with Gasteiger partial charge >= 0.3 is 0 Å². The fourth-order valence-corrected chi connectivity index (χ4v) is 4.84. The van der Waals surface area contributed by atoms with Crippen LogP contribution in [0.5, 0.6) is 5.75 Å². The van der Waals surface area contributed by atoms with E-state index < -0.39 is 17.7 Å². The third-order valence-electron chi connectivity index (χ3n) is 6.42. The van der Waals surface area contributed by atoms with Crippen LogP contribution in [-0.4, -0.2) is 53.8 Å². The molecule has 0 radical (unpaired) electrons. The van der Waals surface area contributed by atoms with Crippen LogP contribution >= 0.6 is 23.2 Å². The number of Topliss-reactive ketones (excluding diaryl/α,β-unsaturated/α-hetero) is 1. The van der Waals surface area contributed by atoms with Crippen molar-refractivity contribution in [3.8, 4) is 5.75 Å². The summed E-state index contributed by atoms with van der Waals surface area (Å²) in [5, 5.41) is 12.0. The summed E-state index contributed by atoms with van der Waals surface area (Å²) < 4.78 is 5.88. The molecule has 198 valence electrons. The van der Waals surface area contributed by atoms with Gasteiger partial charge in [-0.25, -0.2) is 0 Å². The second-order valence-electron chi connectivity index (χ2n) is 9.62. The first-order valence-electron chi connectivity index (χ1n) is 12.3. The van der Waals surface area contributed by atoms with E-state index in [0.717, 1.165) is 17.7 Å². The Morgan fingerprint density at radius 3 is 2.39 bits per heavy atom. The molecule has 8 heteroatoms. The number of halogens is 2. The van der Waals surface area contributed by atoms with Crippen LogP contribution in [0.2, 0.25) is 10.0 Å². The van der Waals surface area contributed by atoms with Crippen LogP contribution in [-0.2, 0) is 16.2 Å². The summed E-state index contributed by atoms with van der Waals surface area (Å²) in [5.74, 6) is -1.02. The number of hydrogen-bond donors (Lipinski definition) is 1. The van der Waals surface area contributed by atoms with Gasteiger partial charge in [0.15, 0.2) is 0 Å². The normalized spacial score (nSPS) is 16.9. The van der Waals surface area contributed by atoms with E-state index in [9.17, 15) is 14.7 Å². The molecule has 1 saturated heterocycles. The Kier molecular flexibility index (Phi) is 8.77. The lowest BCUT2D eigenvalue weighted by atomic mass is 9.95. The minimum atomic E-state index is -0.788. The number of aliphatic hydroxyl groups excluding tert-OH is 1. The van der Waals surface area contributed by atoms with Crippen molar-refractivity contribution >= 4 is 40.7 Å². The van der Waals surface area contributed by atoms with Crippen LogP contribution in [0.25, 0.3) is 5.76 Å². The van der Waals surface area contributed by atoms with E-state index in [0.29, 0.717) is 46.5 Å². The highest BCUT2D eigenvalue weighted by molar-refractivity contribution is 6.46. The topological polar surface area (TPSA) is 70.1 Å². The average molecular weight is 553 g/mol. The van der Waals surface area contributed by atoms with Gasteiger partial charge in [0.05, 0.1) is 21.7 Å². The van der Waals surface area contributed by atoms with Gasteiger partial charge in [-0.15, -0.1) is 0 Å². The maximum atomic E-state index is 13.2. The van der Waals surface area contributed by atoms with E-state index in [2.05, 4.69) is 6.07 Å². The van der Waals surface area contributed by atoms with E-state index in [4.69, 9.17) is 27.9 Å².